The highest BCUT2D eigenvalue weighted by Gasteiger charge is 2.34. The van der Waals surface area contributed by atoms with Gasteiger partial charge in [0.1, 0.15) is 5.75 Å². The van der Waals surface area contributed by atoms with Crippen molar-refractivity contribution in [2.45, 2.75) is 6.61 Å². The second-order valence-corrected chi connectivity index (χ2v) is 6.78. The van der Waals surface area contributed by atoms with Crippen LogP contribution in [0, 0.1) is 0 Å². The third kappa shape index (κ3) is 5.38. The highest BCUT2D eigenvalue weighted by atomic mass is 32.2. The Bertz CT molecular complexity index is 953. The van der Waals surface area contributed by atoms with E-state index in [1.807, 2.05) is 0 Å². The molecule has 1 N–H and O–H groups in total. The van der Waals surface area contributed by atoms with E-state index in [0.29, 0.717) is 5.56 Å². The zero-order chi connectivity index (χ0) is 20.8. The van der Waals surface area contributed by atoms with E-state index in [1.165, 1.54) is 24.3 Å². The third-order valence-electron chi connectivity index (χ3n) is 3.80. The topological polar surface area (TPSA) is 88.6 Å². The van der Waals surface area contributed by atoms with Crippen LogP contribution >= 0.6 is 11.8 Å². The summed E-state index contributed by atoms with van der Waals surface area (Å²) in [5.74, 6) is -1.13. The number of alkyl halides is 2. The lowest BCUT2D eigenvalue weighted by Gasteiger charge is -2.13. The van der Waals surface area contributed by atoms with Gasteiger partial charge in [0.15, 0.2) is 0 Å². The van der Waals surface area contributed by atoms with Gasteiger partial charge in [-0.2, -0.15) is 8.78 Å². The van der Waals surface area contributed by atoms with Gasteiger partial charge in [-0.1, -0.05) is 12.1 Å². The van der Waals surface area contributed by atoms with Crippen molar-refractivity contribution in [3.05, 3.63) is 64.8 Å². The monoisotopic (exact) mass is 419 g/mol. The minimum atomic E-state index is -2.99. The molecule has 1 aromatic carbocycles. The first-order valence-corrected chi connectivity index (χ1v) is 9.24. The van der Waals surface area contributed by atoms with Crippen molar-refractivity contribution in [3.63, 3.8) is 0 Å². The SMILES string of the molecule is O=C(NCCN1C(=O)S/C(=C/c2cccnc2)C1=O)c1cccc(OC(F)F)c1. The van der Waals surface area contributed by atoms with Gasteiger partial charge in [-0.15, -0.1) is 0 Å². The molecule has 1 aromatic heterocycles. The van der Waals surface area contributed by atoms with Crippen LogP contribution < -0.4 is 10.1 Å². The van der Waals surface area contributed by atoms with Crippen molar-refractivity contribution >= 4 is 34.9 Å². The molecule has 0 atom stereocenters. The number of imide groups is 1. The number of benzene rings is 1. The Morgan fingerprint density at radius 3 is 2.83 bits per heavy atom. The number of carbonyl (C=O) groups is 3. The van der Waals surface area contributed by atoms with Crippen LogP contribution in [0.25, 0.3) is 6.08 Å². The highest BCUT2D eigenvalue weighted by Crippen LogP contribution is 2.31. The first-order valence-electron chi connectivity index (χ1n) is 8.42. The van der Waals surface area contributed by atoms with Crippen molar-refractivity contribution < 1.29 is 27.9 Å². The molecular formula is C19H15F2N3O4S. The van der Waals surface area contributed by atoms with E-state index < -0.39 is 23.7 Å². The summed E-state index contributed by atoms with van der Waals surface area (Å²) in [5, 5.41) is 2.11. The molecule has 1 fully saturated rings. The molecule has 0 radical (unpaired) electrons. The standard InChI is InChI=1S/C19H15F2N3O4S/c20-18(21)28-14-5-1-4-13(10-14)16(25)23-7-8-24-17(26)15(29-19(24)27)9-12-3-2-6-22-11-12/h1-6,9-11,18H,7-8H2,(H,23,25)/b15-9+. The van der Waals surface area contributed by atoms with Crippen LogP contribution in [-0.4, -0.2) is 46.6 Å². The number of aromatic nitrogens is 1. The Balaban J connectivity index is 1.56. The van der Waals surface area contributed by atoms with Gasteiger partial charge in [-0.25, -0.2) is 0 Å². The van der Waals surface area contributed by atoms with Gasteiger partial charge in [-0.05, 0) is 47.7 Å². The molecule has 3 amide bonds. The summed E-state index contributed by atoms with van der Waals surface area (Å²) >= 11 is 0.810. The number of ether oxygens (including phenoxy) is 1. The second-order valence-electron chi connectivity index (χ2n) is 5.78. The van der Waals surface area contributed by atoms with Gasteiger partial charge < -0.3 is 10.1 Å². The van der Waals surface area contributed by atoms with Crippen LogP contribution in [0.5, 0.6) is 5.75 Å². The van der Waals surface area contributed by atoms with Gasteiger partial charge in [0.05, 0.1) is 4.91 Å². The van der Waals surface area contributed by atoms with Crippen LogP contribution in [0.3, 0.4) is 0 Å². The van der Waals surface area contributed by atoms with Crippen molar-refractivity contribution in [1.82, 2.24) is 15.2 Å². The summed E-state index contributed by atoms with van der Waals surface area (Å²) in [7, 11) is 0. The van der Waals surface area contributed by atoms with E-state index in [4.69, 9.17) is 0 Å². The Morgan fingerprint density at radius 1 is 1.28 bits per heavy atom. The molecular weight excluding hydrogens is 404 g/mol. The molecule has 0 saturated carbocycles. The van der Waals surface area contributed by atoms with Gasteiger partial charge in [0.25, 0.3) is 17.1 Å². The lowest BCUT2D eigenvalue weighted by molar-refractivity contribution is -0.122. The summed E-state index contributed by atoms with van der Waals surface area (Å²) < 4.78 is 28.8. The molecule has 7 nitrogen and oxygen atoms in total. The van der Waals surface area contributed by atoms with Gasteiger partial charge in [0.2, 0.25) is 0 Å². The van der Waals surface area contributed by atoms with Crippen LogP contribution in [0.4, 0.5) is 13.6 Å². The second kappa shape index (κ2) is 9.28. The molecule has 0 bridgehead atoms. The molecule has 10 heteroatoms. The average molecular weight is 419 g/mol. The molecule has 29 heavy (non-hydrogen) atoms. The molecule has 2 aromatic rings. The zero-order valence-corrected chi connectivity index (χ0v) is 15.7. The fourth-order valence-corrected chi connectivity index (χ4v) is 3.37. The minimum absolute atomic E-state index is 0.0109. The smallest absolute Gasteiger partial charge is 0.387 e. The Hall–Kier alpha value is -3.27. The summed E-state index contributed by atoms with van der Waals surface area (Å²) in [4.78, 5) is 41.9. The number of amides is 3. The first-order chi connectivity index (χ1) is 13.9. The maximum atomic E-state index is 12.4. The summed E-state index contributed by atoms with van der Waals surface area (Å²) in [6.45, 7) is -3.00. The van der Waals surface area contributed by atoms with Crippen LogP contribution in [0.2, 0.25) is 0 Å². The molecule has 150 valence electrons. The summed E-state index contributed by atoms with van der Waals surface area (Å²) in [6, 6.07) is 8.80. The van der Waals surface area contributed by atoms with Crippen LogP contribution in [-0.2, 0) is 4.79 Å². The largest absolute Gasteiger partial charge is 0.435 e. The molecule has 0 unspecified atom stereocenters. The Kier molecular flexibility index (Phi) is 6.55. The molecule has 1 saturated heterocycles. The van der Waals surface area contributed by atoms with E-state index in [-0.39, 0.29) is 29.3 Å². The number of hydrogen-bond donors (Lipinski definition) is 1. The number of hydrogen-bond acceptors (Lipinski definition) is 6. The van der Waals surface area contributed by atoms with E-state index in [2.05, 4.69) is 15.0 Å². The van der Waals surface area contributed by atoms with Crippen molar-refractivity contribution in [2.24, 2.45) is 0 Å². The maximum absolute atomic E-state index is 12.4. The van der Waals surface area contributed by atoms with Crippen molar-refractivity contribution in [1.29, 1.82) is 0 Å². The van der Waals surface area contributed by atoms with E-state index in [1.54, 1.807) is 30.6 Å². The van der Waals surface area contributed by atoms with Crippen molar-refractivity contribution in [2.75, 3.05) is 13.1 Å². The zero-order valence-electron chi connectivity index (χ0n) is 14.9. The number of pyridine rings is 1. The number of halogens is 2. The molecule has 0 spiro atoms. The first kappa shape index (κ1) is 20.5. The van der Waals surface area contributed by atoms with Crippen LogP contribution in [0.15, 0.2) is 53.7 Å². The molecule has 1 aliphatic heterocycles. The normalized spacial score (nSPS) is 15.3. The predicted octanol–water partition coefficient (Wildman–Crippen LogP) is 3.15. The third-order valence-corrected chi connectivity index (χ3v) is 4.71. The maximum Gasteiger partial charge on any atom is 0.387 e. The van der Waals surface area contributed by atoms with Crippen molar-refractivity contribution in [3.8, 4) is 5.75 Å². The molecule has 2 heterocycles. The molecule has 0 aliphatic carbocycles. The Labute approximate surface area is 168 Å². The number of rotatable bonds is 7. The molecule has 1 aliphatic rings. The Morgan fingerprint density at radius 2 is 2.10 bits per heavy atom. The number of nitrogens with zero attached hydrogens (tertiary/aromatic N) is 2. The van der Waals surface area contributed by atoms with E-state index in [9.17, 15) is 23.2 Å². The quantitative estimate of drug-likeness (QED) is 0.694. The van der Waals surface area contributed by atoms with Gasteiger partial charge >= 0.3 is 6.61 Å². The fraction of sp³-hybridized carbons (Fsp3) is 0.158. The summed E-state index contributed by atoms with van der Waals surface area (Å²) in [6.07, 6.45) is 4.74. The average Bonchev–Trinajstić information content (AvgIpc) is 2.95. The van der Waals surface area contributed by atoms with E-state index in [0.717, 1.165) is 16.7 Å². The van der Waals surface area contributed by atoms with Gasteiger partial charge in [0, 0.05) is 31.0 Å². The number of carbonyl (C=O) groups excluding carboxylic acids is 3. The summed E-state index contributed by atoms with van der Waals surface area (Å²) in [5.41, 5.74) is 0.811. The minimum Gasteiger partial charge on any atom is -0.435 e. The number of nitrogens with one attached hydrogen (secondary N) is 1. The van der Waals surface area contributed by atoms with Gasteiger partial charge in [-0.3, -0.25) is 24.3 Å². The van der Waals surface area contributed by atoms with Crippen LogP contribution in [0.1, 0.15) is 15.9 Å². The fourth-order valence-electron chi connectivity index (χ4n) is 2.50. The number of thioether (sulfide) groups is 1. The predicted molar refractivity (Wildman–Crippen MR) is 102 cm³/mol. The molecule has 3 rings (SSSR count). The lowest BCUT2D eigenvalue weighted by atomic mass is 10.2. The highest BCUT2D eigenvalue weighted by molar-refractivity contribution is 8.18. The lowest BCUT2D eigenvalue weighted by Crippen LogP contribution is -2.37. The van der Waals surface area contributed by atoms with E-state index >= 15 is 0 Å².